The van der Waals surface area contributed by atoms with E-state index in [0.29, 0.717) is 30.9 Å². The minimum Gasteiger partial charge on any atom is -0.507 e. The first-order valence-corrected chi connectivity index (χ1v) is 17.5. The molecule has 3 atom stereocenters. The van der Waals surface area contributed by atoms with Gasteiger partial charge >= 0.3 is 6.18 Å². The lowest BCUT2D eigenvalue weighted by atomic mass is 9.92. The van der Waals surface area contributed by atoms with Crippen LogP contribution in [0.2, 0.25) is 0 Å². The van der Waals surface area contributed by atoms with E-state index in [2.05, 4.69) is 16.4 Å². The lowest BCUT2D eigenvalue weighted by Gasteiger charge is -2.41. The van der Waals surface area contributed by atoms with Gasteiger partial charge in [0.15, 0.2) is 5.76 Å². The summed E-state index contributed by atoms with van der Waals surface area (Å²) in [5.74, 6) is -1.67. The quantitative estimate of drug-likeness (QED) is 0.159. The largest absolute Gasteiger partial charge is 0.507 e. The summed E-state index contributed by atoms with van der Waals surface area (Å²) in [6.07, 6.45) is 1.65. The van der Waals surface area contributed by atoms with Gasteiger partial charge in [-0.2, -0.15) is 13.2 Å². The van der Waals surface area contributed by atoms with Crippen LogP contribution in [0.25, 0.3) is 11.4 Å². The van der Waals surface area contributed by atoms with E-state index in [1.54, 1.807) is 47.6 Å². The molecule has 0 spiro atoms. The van der Waals surface area contributed by atoms with E-state index < -0.39 is 42.6 Å². The normalized spacial score (nSPS) is 17.8. The smallest absolute Gasteiger partial charge is 0.405 e. The molecule has 2 amide bonds. The number of piperazine rings is 1. The van der Waals surface area contributed by atoms with Crippen molar-refractivity contribution in [2.45, 2.75) is 44.6 Å². The van der Waals surface area contributed by atoms with Gasteiger partial charge in [0.1, 0.15) is 24.9 Å². The van der Waals surface area contributed by atoms with Crippen molar-refractivity contribution in [3.63, 3.8) is 0 Å². The van der Waals surface area contributed by atoms with Crippen LogP contribution in [-0.4, -0.2) is 99.0 Å². The average Bonchev–Trinajstić information content (AvgIpc) is 3.61. The first-order valence-electron chi connectivity index (χ1n) is 17.5. The Labute approximate surface area is 305 Å². The van der Waals surface area contributed by atoms with E-state index in [9.17, 15) is 33.0 Å². The molecule has 2 aromatic heterocycles. The minimum atomic E-state index is -4.59. The van der Waals surface area contributed by atoms with Gasteiger partial charge in [0, 0.05) is 74.7 Å². The number of aliphatic hydroxyl groups excluding tert-OH is 2. The Kier molecular flexibility index (Phi) is 11.8. The molecule has 0 bridgehead atoms. The molecular weight excluding hydrogens is 689 g/mol. The summed E-state index contributed by atoms with van der Waals surface area (Å²) in [6, 6.07) is 19.6. The number of pyridine rings is 1. The average molecular weight is 733 g/mol. The Morgan fingerprint density at radius 1 is 1.06 bits per heavy atom. The van der Waals surface area contributed by atoms with Crippen molar-refractivity contribution in [3.05, 3.63) is 120 Å². The summed E-state index contributed by atoms with van der Waals surface area (Å²) in [4.78, 5) is 35.0. The summed E-state index contributed by atoms with van der Waals surface area (Å²) in [6.45, 7) is 1.79. The molecule has 0 radical (unpaired) electrons. The standard InChI is InChI=1S/C39H43F3N6O5/c1-26-6-4-8-30(16-26)47-13-11-28(21-47)20-46-14-15-48(33(23-46)38(52)44-25-39(40,41)42)22-31(49)18-29(17-27-7-5-12-43-19-27)37(51)45-36-32-9-2-3-10-35(32)53-24-34(36)50/h2-13,16,19,21,29,31,33,49-50H,14-15,17-18,20,22-25H2,1H3,(H,44,52)(H,45,51)/t29-,31+,33+/m1/s1. The number of aromatic nitrogens is 2. The van der Waals surface area contributed by atoms with Crippen molar-refractivity contribution in [2.75, 3.05) is 39.3 Å². The zero-order chi connectivity index (χ0) is 37.5. The van der Waals surface area contributed by atoms with Gasteiger partial charge < -0.3 is 30.2 Å². The first kappa shape index (κ1) is 37.6. The number of aliphatic hydroxyl groups is 2. The van der Waals surface area contributed by atoms with E-state index in [0.717, 1.165) is 22.4 Å². The molecule has 53 heavy (non-hydrogen) atoms. The first-order chi connectivity index (χ1) is 25.4. The Hall–Kier alpha value is -5.18. The fourth-order valence-corrected chi connectivity index (χ4v) is 6.83. The van der Waals surface area contributed by atoms with Crippen LogP contribution in [0.4, 0.5) is 13.2 Å². The summed E-state index contributed by atoms with van der Waals surface area (Å²) in [5, 5.41) is 27.0. The van der Waals surface area contributed by atoms with Gasteiger partial charge in [0.2, 0.25) is 11.8 Å². The summed E-state index contributed by atoms with van der Waals surface area (Å²) in [5.41, 5.74) is 4.58. The predicted octanol–water partition coefficient (Wildman–Crippen LogP) is 4.39. The number of hydrogen-bond acceptors (Lipinski definition) is 8. The minimum absolute atomic E-state index is 0.0313. The second-order valence-corrected chi connectivity index (χ2v) is 13.6. The molecule has 2 aromatic carbocycles. The maximum atomic E-state index is 13.9. The third-order valence-electron chi connectivity index (χ3n) is 9.44. The molecule has 2 aliphatic heterocycles. The second kappa shape index (κ2) is 16.7. The molecule has 14 heteroatoms. The van der Waals surface area contributed by atoms with Gasteiger partial charge in [-0.05, 0) is 72.9 Å². The lowest BCUT2D eigenvalue weighted by molar-refractivity contribution is -0.143. The molecule has 1 saturated heterocycles. The molecule has 1 fully saturated rings. The molecule has 280 valence electrons. The van der Waals surface area contributed by atoms with Crippen molar-refractivity contribution < 1.29 is 37.7 Å². The monoisotopic (exact) mass is 732 g/mol. The third-order valence-corrected chi connectivity index (χ3v) is 9.44. The van der Waals surface area contributed by atoms with Crippen LogP contribution in [0.1, 0.15) is 28.7 Å². The highest BCUT2D eigenvalue weighted by atomic mass is 19.4. The fraction of sp³-hybridized carbons (Fsp3) is 0.359. The molecular formula is C39H43F3N6O5. The van der Waals surface area contributed by atoms with Crippen molar-refractivity contribution in [1.82, 2.24) is 30.0 Å². The van der Waals surface area contributed by atoms with Crippen LogP contribution in [0.3, 0.4) is 0 Å². The van der Waals surface area contributed by atoms with Crippen molar-refractivity contribution in [1.29, 1.82) is 0 Å². The van der Waals surface area contributed by atoms with E-state index in [4.69, 9.17) is 4.74 Å². The number of carbonyl (C=O) groups excluding carboxylic acids is 2. The fourth-order valence-electron chi connectivity index (χ4n) is 6.83. The van der Waals surface area contributed by atoms with Gasteiger partial charge in [-0.25, -0.2) is 0 Å². The predicted molar refractivity (Wildman–Crippen MR) is 192 cm³/mol. The third kappa shape index (κ3) is 10.0. The molecule has 2 aliphatic rings. The Bertz CT molecular complexity index is 1920. The molecule has 0 saturated carbocycles. The van der Waals surface area contributed by atoms with E-state index in [1.165, 1.54) is 0 Å². The van der Waals surface area contributed by atoms with E-state index in [1.807, 2.05) is 64.4 Å². The molecule has 0 aliphatic carbocycles. The van der Waals surface area contributed by atoms with Gasteiger partial charge in [-0.3, -0.25) is 24.4 Å². The van der Waals surface area contributed by atoms with Crippen LogP contribution >= 0.6 is 0 Å². The van der Waals surface area contributed by atoms with Gasteiger partial charge in [-0.1, -0.05) is 30.3 Å². The molecule has 0 unspecified atom stereocenters. The van der Waals surface area contributed by atoms with Gasteiger partial charge in [0.05, 0.1) is 11.8 Å². The van der Waals surface area contributed by atoms with Crippen LogP contribution in [0.5, 0.6) is 5.75 Å². The summed E-state index contributed by atoms with van der Waals surface area (Å²) in [7, 11) is 0. The number of aryl methyl sites for hydroxylation is 1. The molecule has 6 rings (SSSR count). The lowest BCUT2D eigenvalue weighted by Crippen LogP contribution is -2.60. The highest BCUT2D eigenvalue weighted by Gasteiger charge is 2.37. The molecule has 4 heterocycles. The number of ether oxygens (including phenoxy) is 1. The molecule has 4 N–H and O–H groups in total. The zero-order valence-corrected chi connectivity index (χ0v) is 29.3. The van der Waals surface area contributed by atoms with Crippen LogP contribution in [-0.2, 0) is 22.6 Å². The number of nitrogens with zero attached hydrogens (tertiary/aromatic N) is 4. The second-order valence-electron chi connectivity index (χ2n) is 13.6. The molecule has 4 aromatic rings. The maximum absolute atomic E-state index is 13.9. The van der Waals surface area contributed by atoms with Crippen LogP contribution < -0.4 is 15.4 Å². The van der Waals surface area contributed by atoms with Crippen molar-refractivity contribution >= 4 is 17.5 Å². The number of rotatable bonds is 13. The summed E-state index contributed by atoms with van der Waals surface area (Å²) >= 11 is 0. The number of benzene rings is 2. The number of carbonyl (C=O) groups is 2. The van der Waals surface area contributed by atoms with E-state index in [-0.39, 0.29) is 44.0 Å². The number of nitrogens with one attached hydrogen (secondary N) is 2. The topological polar surface area (TPSA) is 132 Å². The van der Waals surface area contributed by atoms with Crippen LogP contribution in [0.15, 0.2) is 97.3 Å². The van der Waals surface area contributed by atoms with Crippen LogP contribution in [0, 0.1) is 12.8 Å². The zero-order valence-electron chi connectivity index (χ0n) is 29.3. The Morgan fingerprint density at radius 3 is 2.66 bits per heavy atom. The number of para-hydroxylation sites is 1. The summed E-state index contributed by atoms with van der Waals surface area (Å²) < 4.78 is 47.0. The number of fused-ring (bicyclic) bond motifs is 1. The Balaban J connectivity index is 1.15. The number of halogens is 3. The van der Waals surface area contributed by atoms with Crippen molar-refractivity contribution in [3.8, 4) is 11.4 Å². The number of β-amino-alcohol motifs (C(OH)–C–C–N with tert-alkyl or cyclic N) is 1. The number of alkyl halides is 3. The SMILES string of the molecule is Cc1cccc(-n2ccc(CN3CCN(C[C@@H](O)C[C@@H](Cc4cccnc4)C(=O)NC4=C(O)COc5ccccc54)[C@H](C(=O)NCC(F)(F)F)C3)c2)c1. The highest BCUT2D eigenvalue weighted by molar-refractivity contribution is 5.90. The number of amides is 2. The molecule has 11 nitrogen and oxygen atoms in total. The highest BCUT2D eigenvalue weighted by Crippen LogP contribution is 2.31. The van der Waals surface area contributed by atoms with Gasteiger partial charge in [-0.15, -0.1) is 0 Å². The van der Waals surface area contributed by atoms with Crippen molar-refractivity contribution in [2.24, 2.45) is 5.92 Å². The number of hydrogen-bond donors (Lipinski definition) is 4. The Morgan fingerprint density at radius 2 is 1.89 bits per heavy atom. The van der Waals surface area contributed by atoms with E-state index >= 15 is 0 Å². The van der Waals surface area contributed by atoms with Gasteiger partial charge in [0.25, 0.3) is 0 Å². The maximum Gasteiger partial charge on any atom is 0.405 e.